The van der Waals surface area contributed by atoms with Gasteiger partial charge in [-0.1, -0.05) is 24.3 Å². The molecule has 1 aliphatic rings. The molecular weight excluding hydrogens is 288 g/mol. The minimum Gasteiger partial charge on any atom is -0.497 e. The number of rotatable bonds is 2. The Bertz CT molecular complexity index is 759. The molecule has 0 spiro atoms. The van der Waals surface area contributed by atoms with E-state index in [1.807, 2.05) is 70.2 Å². The molecule has 1 unspecified atom stereocenters. The largest absolute Gasteiger partial charge is 0.497 e. The topological polar surface area (TPSA) is 35.5 Å². The van der Waals surface area contributed by atoms with Gasteiger partial charge in [-0.05, 0) is 57.0 Å². The van der Waals surface area contributed by atoms with Gasteiger partial charge in [0, 0.05) is 0 Å². The molecule has 120 valence electrons. The molecule has 0 aromatic heterocycles. The molecule has 3 heteroatoms. The van der Waals surface area contributed by atoms with Crippen LogP contribution in [0.1, 0.15) is 42.3 Å². The summed E-state index contributed by atoms with van der Waals surface area (Å²) in [6.07, 6.45) is 0. The van der Waals surface area contributed by atoms with E-state index >= 15 is 0 Å². The van der Waals surface area contributed by atoms with Crippen LogP contribution in [0.2, 0.25) is 0 Å². The minimum atomic E-state index is -0.739. The summed E-state index contributed by atoms with van der Waals surface area (Å²) in [6, 6.07) is 13.5. The zero-order chi connectivity index (χ0) is 16.8. The molecule has 0 fully saturated rings. The predicted molar refractivity (Wildman–Crippen MR) is 90.3 cm³/mol. The van der Waals surface area contributed by atoms with Crippen LogP contribution in [-0.4, -0.2) is 12.9 Å². The fraction of sp³-hybridized carbons (Fsp3) is 0.350. The van der Waals surface area contributed by atoms with E-state index in [-0.39, 0.29) is 5.78 Å². The molecule has 0 radical (unpaired) electrons. The second-order valence-corrected chi connectivity index (χ2v) is 6.77. The van der Waals surface area contributed by atoms with Crippen molar-refractivity contribution in [2.24, 2.45) is 5.41 Å². The highest BCUT2D eigenvalue weighted by Gasteiger charge is 2.54. The van der Waals surface area contributed by atoms with Crippen LogP contribution in [0.15, 0.2) is 42.5 Å². The predicted octanol–water partition coefficient (Wildman–Crippen LogP) is 4.52. The number of carbonyl (C=O) groups excluding carboxylic acids is 1. The van der Waals surface area contributed by atoms with Crippen molar-refractivity contribution in [3.63, 3.8) is 0 Å². The second kappa shape index (κ2) is 5.12. The molecule has 0 amide bonds. The van der Waals surface area contributed by atoms with Crippen molar-refractivity contribution in [2.75, 3.05) is 7.11 Å². The maximum atomic E-state index is 13.2. The van der Waals surface area contributed by atoms with Crippen molar-refractivity contribution < 1.29 is 14.3 Å². The van der Waals surface area contributed by atoms with Crippen LogP contribution in [0, 0.1) is 12.3 Å². The van der Waals surface area contributed by atoms with Gasteiger partial charge in [-0.3, -0.25) is 4.79 Å². The first-order valence-corrected chi connectivity index (χ1v) is 7.79. The standard InChI is InChI=1S/C20H22O3/c1-13-7-6-8-16-17(13)18(21)19(2,3)20(4,23-16)14-9-11-15(22-5)12-10-14/h6-12H,1-5H3. The Hall–Kier alpha value is -2.29. The van der Waals surface area contributed by atoms with E-state index in [1.165, 1.54) is 0 Å². The van der Waals surface area contributed by atoms with Crippen molar-refractivity contribution in [1.29, 1.82) is 0 Å². The monoisotopic (exact) mass is 310 g/mol. The molecule has 23 heavy (non-hydrogen) atoms. The molecule has 0 saturated carbocycles. The number of hydrogen-bond donors (Lipinski definition) is 0. The molecule has 1 aliphatic heterocycles. The Morgan fingerprint density at radius 2 is 1.65 bits per heavy atom. The lowest BCUT2D eigenvalue weighted by Gasteiger charge is -2.47. The van der Waals surface area contributed by atoms with Crippen LogP contribution in [0.5, 0.6) is 11.5 Å². The van der Waals surface area contributed by atoms with E-state index in [9.17, 15) is 4.79 Å². The maximum Gasteiger partial charge on any atom is 0.176 e. The normalized spacial score (nSPS) is 22.2. The molecule has 1 atom stereocenters. The third-order valence-electron chi connectivity index (χ3n) is 5.18. The Balaban J connectivity index is 2.17. The van der Waals surface area contributed by atoms with Crippen molar-refractivity contribution in [3.8, 4) is 11.5 Å². The van der Waals surface area contributed by atoms with E-state index in [1.54, 1.807) is 7.11 Å². The van der Waals surface area contributed by atoms with Gasteiger partial charge in [-0.15, -0.1) is 0 Å². The van der Waals surface area contributed by atoms with Gasteiger partial charge in [0.05, 0.1) is 18.1 Å². The van der Waals surface area contributed by atoms with Crippen LogP contribution in [0.4, 0.5) is 0 Å². The number of carbonyl (C=O) groups is 1. The number of Topliss-reactive ketones (excluding diaryl/α,β-unsaturated/α-hetero) is 1. The molecule has 2 aromatic carbocycles. The highest BCUT2D eigenvalue weighted by molar-refractivity contribution is 6.05. The maximum absolute atomic E-state index is 13.2. The summed E-state index contributed by atoms with van der Waals surface area (Å²) in [6.45, 7) is 7.84. The van der Waals surface area contributed by atoms with Crippen LogP contribution in [-0.2, 0) is 5.60 Å². The molecule has 3 rings (SSSR count). The van der Waals surface area contributed by atoms with Gasteiger partial charge >= 0.3 is 0 Å². The van der Waals surface area contributed by atoms with Gasteiger partial charge in [0.2, 0.25) is 0 Å². The van der Waals surface area contributed by atoms with E-state index in [2.05, 4.69) is 0 Å². The minimum absolute atomic E-state index is 0.121. The molecule has 3 nitrogen and oxygen atoms in total. The Morgan fingerprint density at radius 3 is 2.26 bits per heavy atom. The van der Waals surface area contributed by atoms with E-state index in [4.69, 9.17) is 9.47 Å². The highest BCUT2D eigenvalue weighted by atomic mass is 16.5. The van der Waals surface area contributed by atoms with Gasteiger partial charge < -0.3 is 9.47 Å². The molecule has 2 aromatic rings. The summed E-state index contributed by atoms with van der Waals surface area (Å²) in [5.41, 5.74) is 1.20. The number of hydrogen-bond acceptors (Lipinski definition) is 3. The van der Waals surface area contributed by atoms with Crippen LogP contribution >= 0.6 is 0 Å². The number of ketones is 1. The van der Waals surface area contributed by atoms with Gasteiger partial charge in [0.1, 0.15) is 17.1 Å². The Kier molecular flexibility index (Phi) is 3.47. The van der Waals surface area contributed by atoms with Crippen molar-refractivity contribution in [3.05, 3.63) is 59.2 Å². The first-order valence-electron chi connectivity index (χ1n) is 7.79. The zero-order valence-corrected chi connectivity index (χ0v) is 14.3. The molecule has 0 saturated heterocycles. The van der Waals surface area contributed by atoms with Crippen LogP contribution < -0.4 is 9.47 Å². The quantitative estimate of drug-likeness (QED) is 0.818. The van der Waals surface area contributed by atoms with Crippen molar-refractivity contribution in [2.45, 2.75) is 33.3 Å². The summed E-state index contributed by atoms with van der Waals surface area (Å²) >= 11 is 0. The molecule has 0 aliphatic carbocycles. The molecular formula is C20H22O3. The van der Waals surface area contributed by atoms with Gasteiger partial charge in [-0.2, -0.15) is 0 Å². The summed E-state index contributed by atoms with van der Waals surface area (Å²) in [5, 5.41) is 0. The van der Waals surface area contributed by atoms with E-state index in [0.717, 1.165) is 16.9 Å². The first kappa shape index (κ1) is 15.6. The van der Waals surface area contributed by atoms with Crippen molar-refractivity contribution in [1.82, 2.24) is 0 Å². The number of ether oxygens (including phenoxy) is 2. The third-order valence-corrected chi connectivity index (χ3v) is 5.18. The van der Waals surface area contributed by atoms with Gasteiger partial charge in [0.15, 0.2) is 5.78 Å². The number of benzene rings is 2. The van der Waals surface area contributed by atoms with Gasteiger partial charge in [0.25, 0.3) is 0 Å². The number of aryl methyl sites for hydroxylation is 1. The molecule has 1 heterocycles. The Labute approximate surface area is 137 Å². The average Bonchev–Trinajstić information content (AvgIpc) is 2.53. The van der Waals surface area contributed by atoms with E-state index < -0.39 is 11.0 Å². The summed E-state index contributed by atoms with van der Waals surface area (Å²) in [4.78, 5) is 13.2. The van der Waals surface area contributed by atoms with Gasteiger partial charge in [-0.25, -0.2) is 0 Å². The van der Waals surface area contributed by atoms with Crippen LogP contribution in [0.25, 0.3) is 0 Å². The van der Waals surface area contributed by atoms with E-state index in [0.29, 0.717) is 11.3 Å². The fourth-order valence-corrected chi connectivity index (χ4v) is 3.22. The summed E-state index contributed by atoms with van der Waals surface area (Å²) in [7, 11) is 1.64. The van der Waals surface area contributed by atoms with Crippen molar-refractivity contribution >= 4 is 5.78 Å². The third kappa shape index (κ3) is 2.14. The lowest BCUT2D eigenvalue weighted by molar-refractivity contribution is -0.0296. The van der Waals surface area contributed by atoms with Crippen LogP contribution in [0.3, 0.4) is 0 Å². The number of methoxy groups -OCH3 is 1. The second-order valence-electron chi connectivity index (χ2n) is 6.77. The smallest absolute Gasteiger partial charge is 0.176 e. The molecule has 0 N–H and O–H groups in total. The zero-order valence-electron chi connectivity index (χ0n) is 14.3. The summed E-state index contributed by atoms with van der Waals surface area (Å²) in [5.74, 6) is 1.57. The highest BCUT2D eigenvalue weighted by Crippen LogP contribution is 2.51. The SMILES string of the molecule is COc1ccc(C2(C)Oc3cccc(C)c3C(=O)C2(C)C)cc1. The number of fused-ring (bicyclic) bond motifs is 1. The Morgan fingerprint density at radius 1 is 1.00 bits per heavy atom. The summed E-state index contributed by atoms with van der Waals surface area (Å²) < 4.78 is 11.6. The lowest BCUT2D eigenvalue weighted by atomic mass is 9.65. The average molecular weight is 310 g/mol. The fourth-order valence-electron chi connectivity index (χ4n) is 3.22. The lowest BCUT2D eigenvalue weighted by Crippen LogP contribution is -2.52. The first-order chi connectivity index (χ1) is 10.8. The molecule has 0 bridgehead atoms.